The zero-order valence-corrected chi connectivity index (χ0v) is 20.8. The number of hydrogen-bond donors (Lipinski definition) is 2. The zero-order valence-electron chi connectivity index (χ0n) is 18.8. The van der Waals surface area contributed by atoms with Crippen molar-refractivity contribution in [3.63, 3.8) is 0 Å². The maximum absolute atomic E-state index is 4.88. The van der Waals surface area contributed by atoms with Gasteiger partial charge >= 0.3 is 0 Å². The summed E-state index contributed by atoms with van der Waals surface area (Å²) in [6.45, 7) is 15.3. The minimum atomic E-state index is -1.47. The summed E-state index contributed by atoms with van der Waals surface area (Å²) in [7, 11) is -2.95. The number of rotatable bonds is 8. The van der Waals surface area contributed by atoms with Gasteiger partial charge in [-0.1, -0.05) is 99.9 Å². The number of nitrogens with one attached hydrogen (secondary N) is 2. The molecule has 4 nitrogen and oxygen atoms in total. The maximum Gasteiger partial charge on any atom is 0.145 e. The van der Waals surface area contributed by atoms with Crippen LogP contribution in [0.2, 0.25) is 39.3 Å². The molecule has 2 aromatic carbocycles. The van der Waals surface area contributed by atoms with Gasteiger partial charge in [0.05, 0.1) is 0 Å². The topological polar surface area (TPSA) is 48.8 Å². The molecule has 156 valence electrons. The summed E-state index contributed by atoms with van der Waals surface area (Å²) in [6, 6.07) is 20.8. The summed E-state index contributed by atoms with van der Waals surface area (Å²) in [5, 5.41) is 0. The molecule has 0 saturated heterocycles. The molecule has 0 spiro atoms. The van der Waals surface area contributed by atoms with E-state index in [9.17, 15) is 0 Å². The van der Waals surface area contributed by atoms with E-state index in [1.54, 1.807) is 0 Å². The Morgan fingerprint density at radius 1 is 0.621 bits per heavy atom. The summed E-state index contributed by atoms with van der Waals surface area (Å²) in [6.07, 6.45) is 0.924. The fourth-order valence-electron chi connectivity index (χ4n) is 2.76. The van der Waals surface area contributed by atoms with E-state index in [1.165, 1.54) is 0 Å². The van der Waals surface area contributed by atoms with Crippen molar-refractivity contribution in [2.75, 3.05) is 13.1 Å². The lowest BCUT2D eigenvalue weighted by Crippen LogP contribution is -2.46. The van der Waals surface area contributed by atoms with E-state index in [0.717, 1.165) is 42.3 Å². The highest BCUT2D eigenvalue weighted by atomic mass is 28.3. The molecule has 29 heavy (non-hydrogen) atoms. The van der Waals surface area contributed by atoms with E-state index < -0.39 is 16.5 Å². The first-order valence-corrected chi connectivity index (χ1v) is 17.4. The molecule has 0 unspecified atom stereocenters. The van der Waals surface area contributed by atoms with Gasteiger partial charge in [-0.3, -0.25) is 9.98 Å². The average molecular weight is 425 g/mol. The van der Waals surface area contributed by atoms with Gasteiger partial charge in [0, 0.05) is 24.2 Å². The van der Waals surface area contributed by atoms with E-state index in [0.29, 0.717) is 0 Å². The Morgan fingerprint density at radius 2 is 0.966 bits per heavy atom. The quantitative estimate of drug-likeness (QED) is 0.267. The van der Waals surface area contributed by atoms with Crippen molar-refractivity contribution < 1.29 is 0 Å². The first kappa shape index (κ1) is 23.1. The first-order chi connectivity index (χ1) is 13.6. The molecule has 2 rings (SSSR count). The molecule has 0 aromatic heterocycles. The first-order valence-electron chi connectivity index (χ1n) is 10.4. The van der Waals surface area contributed by atoms with Gasteiger partial charge in [0.2, 0.25) is 0 Å². The summed E-state index contributed by atoms with van der Waals surface area (Å²) in [5.74, 6) is 2.02. The third kappa shape index (κ3) is 9.24. The van der Waals surface area contributed by atoms with Crippen LogP contribution in [0.25, 0.3) is 0 Å². The van der Waals surface area contributed by atoms with Crippen LogP contribution in [0.3, 0.4) is 0 Å². The highest BCUT2D eigenvalue weighted by Crippen LogP contribution is 2.06. The lowest BCUT2D eigenvalue weighted by Gasteiger charge is -2.22. The highest BCUT2D eigenvalue weighted by molar-refractivity contribution is 6.76. The van der Waals surface area contributed by atoms with E-state index in [4.69, 9.17) is 9.98 Å². The second-order valence-corrected chi connectivity index (χ2v) is 18.8. The van der Waals surface area contributed by atoms with Crippen LogP contribution in [0.1, 0.15) is 17.5 Å². The van der Waals surface area contributed by atoms with Gasteiger partial charge < -0.3 is 9.96 Å². The predicted octanol–water partition coefficient (Wildman–Crippen LogP) is 5.12. The molecule has 0 fully saturated rings. The Kier molecular flexibility index (Phi) is 8.40. The van der Waals surface area contributed by atoms with Gasteiger partial charge in [0.15, 0.2) is 0 Å². The molecule has 0 aliphatic rings. The fraction of sp³-hybridized carbons (Fsp3) is 0.391. The lowest BCUT2D eigenvalue weighted by molar-refractivity contribution is 0.840. The molecule has 0 saturated carbocycles. The van der Waals surface area contributed by atoms with Crippen LogP contribution >= 0.6 is 0 Å². The molecule has 0 aliphatic carbocycles. The molecular weight excluding hydrogens is 388 g/mol. The van der Waals surface area contributed by atoms with Crippen LogP contribution in [0.5, 0.6) is 0 Å². The monoisotopic (exact) mass is 424 g/mol. The Labute approximate surface area is 178 Å². The molecular formula is C23H36N4Si2. The van der Waals surface area contributed by atoms with Crippen molar-refractivity contribution in [3.8, 4) is 0 Å². The van der Waals surface area contributed by atoms with Gasteiger partial charge in [-0.15, -0.1) is 0 Å². The summed E-state index contributed by atoms with van der Waals surface area (Å²) in [5.41, 5.74) is 2.31. The highest BCUT2D eigenvalue weighted by Gasteiger charge is 2.17. The maximum atomic E-state index is 4.88. The zero-order chi connectivity index (χ0) is 21.3. The molecule has 0 bridgehead atoms. The SMILES string of the molecule is C[Si](C)(C)NC(=NCCCN=C(N[Si](C)(C)C)c1ccccc1)c1ccccc1. The number of amidine groups is 2. The van der Waals surface area contributed by atoms with Crippen molar-refractivity contribution in [1.29, 1.82) is 0 Å². The van der Waals surface area contributed by atoms with E-state index in [1.807, 2.05) is 12.1 Å². The second-order valence-electron chi connectivity index (χ2n) is 9.30. The molecule has 0 heterocycles. The lowest BCUT2D eigenvalue weighted by atomic mass is 10.2. The standard InChI is InChI=1S/C23H36N4Si2/c1-28(2,3)26-22(20-14-9-7-10-15-20)24-18-13-19-25-23(27-29(4,5)6)21-16-11-8-12-17-21/h7-12,14-17H,13,18-19H2,1-6H3,(H,24,26)(H,25,27). The summed E-state index contributed by atoms with van der Waals surface area (Å²) >= 11 is 0. The van der Waals surface area contributed by atoms with Crippen LogP contribution < -0.4 is 9.96 Å². The molecule has 0 amide bonds. The van der Waals surface area contributed by atoms with Gasteiger partial charge in [0.1, 0.15) is 28.1 Å². The molecule has 2 aromatic rings. The average Bonchev–Trinajstić information content (AvgIpc) is 2.65. The number of benzene rings is 2. The number of hydrogen-bond acceptors (Lipinski definition) is 2. The van der Waals surface area contributed by atoms with Crippen LogP contribution in [0.4, 0.5) is 0 Å². The van der Waals surface area contributed by atoms with Crippen molar-refractivity contribution in [1.82, 2.24) is 9.96 Å². The van der Waals surface area contributed by atoms with Crippen LogP contribution in [-0.4, -0.2) is 41.2 Å². The Morgan fingerprint density at radius 3 is 1.28 bits per heavy atom. The van der Waals surface area contributed by atoms with Crippen LogP contribution in [-0.2, 0) is 0 Å². The van der Waals surface area contributed by atoms with Crippen LogP contribution in [0.15, 0.2) is 70.6 Å². The van der Waals surface area contributed by atoms with E-state index >= 15 is 0 Å². The van der Waals surface area contributed by atoms with Gasteiger partial charge in [0.25, 0.3) is 0 Å². The van der Waals surface area contributed by atoms with Crippen molar-refractivity contribution in [2.45, 2.75) is 45.7 Å². The van der Waals surface area contributed by atoms with E-state index in [2.05, 4.69) is 97.8 Å². The second kappa shape index (κ2) is 10.6. The van der Waals surface area contributed by atoms with Crippen molar-refractivity contribution in [2.24, 2.45) is 9.98 Å². The number of nitrogens with zero attached hydrogens (tertiary/aromatic N) is 2. The largest absolute Gasteiger partial charge is 0.396 e. The number of aliphatic imine (C=N–C) groups is 2. The minimum absolute atomic E-state index is 0.764. The third-order valence-electron chi connectivity index (χ3n) is 3.94. The van der Waals surface area contributed by atoms with Gasteiger partial charge in [-0.25, -0.2) is 0 Å². The molecule has 2 N–H and O–H groups in total. The predicted molar refractivity (Wildman–Crippen MR) is 133 cm³/mol. The van der Waals surface area contributed by atoms with Crippen molar-refractivity contribution in [3.05, 3.63) is 71.8 Å². The Balaban J connectivity index is 2.06. The third-order valence-corrected chi connectivity index (χ3v) is 5.91. The molecule has 0 atom stereocenters. The smallest absolute Gasteiger partial charge is 0.145 e. The van der Waals surface area contributed by atoms with Crippen molar-refractivity contribution >= 4 is 28.1 Å². The van der Waals surface area contributed by atoms with Gasteiger partial charge in [-0.05, 0) is 6.42 Å². The summed E-state index contributed by atoms with van der Waals surface area (Å²) in [4.78, 5) is 17.1. The summed E-state index contributed by atoms with van der Waals surface area (Å²) < 4.78 is 0. The van der Waals surface area contributed by atoms with Crippen LogP contribution in [0, 0.1) is 0 Å². The molecule has 0 radical (unpaired) electrons. The van der Waals surface area contributed by atoms with E-state index in [-0.39, 0.29) is 0 Å². The Hall–Kier alpha value is -2.19. The molecule has 6 heteroatoms. The Bertz CT molecular complexity index is 735. The van der Waals surface area contributed by atoms with Gasteiger partial charge in [-0.2, -0.15) is 0 Å². The fourth-order valence-corrected chi connectivity index (χ4v) is 4.63. The normalized spacial score (nSPS) is 13.3. The minimum Gasteiger partial charge on any atom is -0.396 e. The molecule has 0 aliphatic heterocycles.